The summed E-state index contributed by atoms with van der Waals surface area (Å²) in [5, 5.41) is 1.25. The summed E-state index contributed by atoms with van der Waals surface area (Å²) in [4.78, 5) is 3.61. The lowest BCUT2D eigenvalue weighted by atomic mass is 9.99. The van der Waals surface area contributed by atoms with E-state index in [1.54, 1.807) is 7.11 Å². The molecule has 0 aliphatic rings. The Morgan fingerprint density at radius 1 is 1.04 bits per heavy atom. The highest BCUT2D eigenvalue weighted by molar-refractivity contribution is 5.91. The van der Waals surface area contributed by atoms with Crippen LogP contribution in [0.25, 0.3) is 22.2 Å². The highest BCUT2D eigenvalue weighted by atomic mass is 16.5. The summed E-state index contributed by atoms with van der Waals surface area (Å²) in [6, 6.07) is 15.1. The van der Waals surface area contributed by atoms with Gasteiger partial charge in [-0.3, -0.25) is 0 Å². The van der Waals surface area contributed by atoms with E-state index >= 15 is 0 Å². The van der Waals surface area contributed by atoms with Gasteiger partial charge in [0.25, 0.3) is 0 Å². The summed E-state index contributed by atoms with van der Waals surface area (Å²) >= 11 is 0. The summed E-state index contributed by atoms with van der Waals surface area (Å²) in [7, 11) is 1.71. The van der Waals surface area contributed by atoms with Gasteiger partial charge in [-0.05, 0) is 67.1 Å². The van der Waals surface area contributed by atoms with Crippen LogP contribution < -0.4 is 10.5 Å². The van der Waals surface area contributed by atoms with E-state index in [1.165, 1.54) is 27.8 Å². The number of ether oxygens (including phenoxy) is 1. The van der Waals surface area contributed by atoms with Gasteiger partial charge in [-0.2, -0.15) is 0 Å². The quantitative estimate of drug-likeness (QED) is 0.620. The van der Waals surface area contributed by atoms with E-state index in [0.29, 0.717) is 0 Å². The van der Waals surface area contributed by atoms with Crippen molar-refractivity contribution in [1.82, 2.24) is 4.98 Å². The molecule has 3 heteroatoms. The second-order valence-corrected chi connectivity index (χ2v) is 6.19. The Bertz CT molecular complexity index is 803. The third kappa shape index (κ3) is 3.31. The van der Waals surface area contributed by atoms with Crippen molar-refractivity contribution in [1.29, 1.82) is 0 Å². The van der Waals surface area contributed by atoms with Crippen molar-refractivity contribution in [3.8, 4) is 17.0 Å². The fourth-order valence-corrected chi connectivity index (χ4v) is 3.21. The molecule has 3 rings (SSSR count). The molecule has 0 spiro atoms. The Morgan fingerprint density at radius 3 is 2.50 bits per heavy atom. The zero-order chi connectivity index (χ0) is 16.9. The molecule has 2 aromatic carbocycles. The fraction of sp³-hybridized carbons (Fsp3) is 0.333. The molecule has 0 radical (unpaired) electrons. The SMILES string of the molecule is CCc1ccc(-c2[nH]c3ccc(OC)cc3c2CCCCN)cc1. The van der Waals surface area contributed by atoms with Gasteiger partial charge in [0.2, 0.25) is 0 Å². The van der Waals surface area contributed by atoms with E-state index in [2.05, 4.69) is 48.3 Å². The van der Waals surface area contributed by atoms with Gasteiger partial charge in [0.1, 0.15) is 5.75 Å². The van der Waals surface area contributed by atoms with E-state index < -0.39 is 0 Å². The van der Waals surface area contributed by atoms with E-state index in [4.69, 9.17) is 10.5 Å². The van der Waals surface area contributed by atoms with Crippen LogP contribution in [0.4, 0.5) is 0 Å². The zero-order valence-corrected chi connectivity index (χ0v) is 14.6. The van der Waals surface area contributed by atoms with Gasteiger partial charge in [-0.25, -0.2) is 0 Å². The molecule has 0 unspecified atom stereocenters. The number of hydrogen-bond acceptors (Lipinski definition) is 2. The summed E-state index contributed by atoms with van der Waals surface area (Å²) in [6.45, 7) is 2.93. The maximum absolute atomic E-state index is 5.68. The number of H-pyrrole nitrogens is 1. The van der Waals surface area contributed by atoms with Crippen molar-refractivity contribution in [3.05, 3.63) is 53.6 Å². The third-order valence-corrected chi connectivity index (χ3v) is 4.65. The molecule has 0 saturated heterocycles. The highest BCUT2D eigenvalue weighted by Crippen LogP contribution is 2.33. The maximum atomic E-state index is 5.68. The van der Waals surface area contributed by atoms with Crippen LogP contribution in [-0.2, 0) is 12.8 Å². The number of nitrogens with one attached hydrogen (secondary N) is 1. The lowest BCUT2D eigenvalue weighted by Crippen LogP contribution is -1.99. The maximum Gasteiger partial charge on any atom is 0.119 e. The van der Waals surface area contributed by atoms with Crippen molar-refractivity contribution in [2.45, 2.75) is 32.6 Å². The molecule has 3 nitrogen and oxygen atoms in total. The standard InChI is InChI=1S/C21H26N2O/c1-3-15-7-9-16(10-8-15)21-18(6-4-5-13-22)19-14-17(24-2)11-12-20(19)23-21/h7-12,14,23H,3-6,13,22H2,1-2H3. The minimum atomic E-state index is 0.742. The second-order valence-electron chi connectivity index (χ2n) is 6.19. The first-order valence-electron chi connectivity index (χ1n) is 8.74. The number of unbranched alkanes of at least 4 members (excludes halogenated alkanes) is 1. The summed E-state index contributed by atoms with van der Waals surface area (Å²) < 4.78 is 5.41. The van der Waals surface area contributed by atoms with Gasteiger partial charge < -0.3 is 15.5 Å². The Balaban J connectivity index is 2.08. The molecule has 0 saturated carbocycles. The number of hydrogen-bond donors (Lipinski definition) is 2. The first kappa shape index (κ1) is 16.6. The minimum Gasteiger partial charge on any atom is -0.497 e. The van der Waals surface area contributed by atoms with Gasteiger partial charge in [-0.1, -0.05) is 31.2 Å². The first-order chi connectivity index (χ1) is 11.8. The van der Waals surface area contributed by atoms with Gasteiger partial charge >= 0.3 is 0 Å². The first-order valence-corrected chi connectivity index (χ1v) is 8.74. The van der Waals surface area contributed by atoms with Crippen LogP contribution >= 0.6 is 0 Å². The zero-order valence-electron chi connectivity index (χ0n) is 14.6. The van der Waals surface area contributed by atoms with Gasteiger partial charge in [-0.15, -0.1) is 0 Å². The molecule has 0 aliphatic heterocycles. The number of fused-ring (bicyclic) bond motifs is 1. The second kappa shape index (κ2) is 7.54. The molecule has 0 fully saturated rings. The number of aromatic nitrogens is 1. The highest BCUT2D eigenvalue weighted by Gasteiger charge is 2.13. The molecule has 0 bridgehead atoms. The van der Waals surface area contributed by atoms with Crippen molar-refractivity contribution in [2.24, 2.45) is 5.73 Å². The molecule has 0 atom stereocenters. The Morgan fingerprint density at radius 2 is 1.83 bits per heavy atom. The van der Waals surface area contributed by atoms with Crippen LogP contribution in [-0.4, -0.2) is 18.6 Å². The van der Waals surface area contributed by atoms with E-state index in [0.717, 1.165) is 43.5 Å². The fourth-order valence-electron chi connectivity index (χ4n) is 3.21. The van der Waals surface area contributed by atoms with Crippen molar-refractivity contribution >= 4 is 10.9 Å². The van der Waals surface area contributed by atoms with E-state index in [-0.39, 0.29) is 0 Å². The number of aromatic amines is 1. The molecule has 3 N–H and O–H groups in total. The van der Waals surface area contributed by atoms with Crippen molar-refractivity contribution in [2.75, 3.05) is 13.7 Å². The average molecular weight is 322 g/mol. The van der Waals surface area contributed by atoms with Gasteiger partial charge in [0, 0.05) is 16.6 Å². The molecule has 24 heavy (non-hydrogen) atoms. The molecule has 0 amide bonds. The van der Waals surface area contributed by atoms with Crippen molar-refractivity contribution < 1.29 is 4.74 Å². The molecular formula is C21H26N2O. The smallest absolute Gasteiger partial charge is 0.119 e. The van der Waals surface area contributed by atoms with Crippen LogP contribution in [0.5, 0.6) is 5.75 Å². The molecular weight excluding hydrogens is 296 g/mol. The van der Waals surface area contributed by atoms with Crippen LogP contribution in [0.3, 0.4) is 0 Å². The molecule has 1 aromatic heterocycles. The number of aryl methyl sites for hydroxylation is 2. The normalized spacial score (nSPS) is 11.1. The largest absolute Gasteiger partial charge is 0.497 e. The molecule has 1 heterocycles. The van der Waals surface area contributed by atoms with E-state index in [1.807, 2.05) is 6.07 Å². The molecule has 126 valence electrons. The average Bonchev–Trinajstić information content (AvgIpc) is 3.00. The lowest BCUT2D eigenvalue weighted by Gasteiger charge is -2.07. The number of benzene rings is 2. The van der Waals surface area contributed by atoms with Crippen LogP contribution in [0.1, 0.15) is 30.9 Å². The predicted octanol–water partition coefficient (Wildman–Crippen LogP) is 4.69. The third-order valence-electron chi connectivity index (χ3n) is 4.65. The predicted molar refractivity (Wildman–Crippen MR) is 102 cm³/mol. The summed E-state index contributed by atoms with van der Waals surface area (Å²) in [5.74, 6) is 0.898. The monoisotopic (exact) mass is 322 g/mol. The number of rotatable bonds is 7. The number of methoxy groups -OCH3 is 1. The van der Waals surface area contributed by atoms with Crippen LogP contribution in [0, 0.1) is 0 Å². The summed E-state index contributed by atoms with van der Waals surface area (Å²) in [6.07, 6.45) is 4.23. The Hall–Kier alpha value is -2.26. The Kier molecular flexibility index (Phi) is 5.21. The minimum absolute atomic E-state index is 0.742. The molecule has 0 aliphatic carbocycles. The Labute approximate surface area is 143 Å². The topological polar surface area (TPSA) is 51.0 Å². The van der Waals surface area contributed by atoms with Crippen LogP contribution in [0.2, 0.25) is 0 Å². The van der Waals surface area contributed by atoms with Gasteiger partial charge in [0.05, 0.1) is 7.11 Å². The van der Waals surface area contributed by atoms with Gasteiger partial charge in [0.15, 0.2) is 0 Å². The van der Waals surface area contributed by atoms with Crippen LogP contribution in [0.15, 0.2) is 42.5 Å². The van der Waals surface area contributed by atoms with E-state index in [9.17, 15) is 0 Å². The summed E-state index contributed by atoms with van der Waals surface area (Å²) in [5.41, 5.74) is 12.0. The molecule has 3 aromatic rings. The number of nitrogens with two attached hydrogens (primary N) is 1. The lowest BCUT2D eigenvalue weighted by molar-refractivity contribution is 0.415. The van der Waals surface area contributed by atoms with Crippen molar-refractivity contribution in [3.63, 3.8) is 0 Å².